The molecule has 2 amide bonds. The first-order chi connectivity index (χ1) is 18.3. The number of carbonyl (C=O) groups excluding carboxylic acids is 3. The van der Waals surface area contributed by atoms with Gasteiger partial charge in [-0.1, -0.05) is 67.6 Å². The van der Waals surface area contributed by atoms with Gasteiger partial charge in [0.25, 0.3) is 5.56 Å². The van der Waals surface area contributed by atoms with Gasteiger partial charge in [0.1, 0.15) is 12.2 Å². The smallest absolute Gasteiger partial charge is 0.305 e. The maximum absolute atomic E-state index is 13.4. The number of amides is 2. The van der Waals surface area contributed by atoms with Crippen molar-refractivity contribution >= 4 is 29.3 Å². The van der Waals surface area contributed by atoms with Gasteiger partial charge in [-0.2, -0.15) is 0 Å². The fourth-order valence-corrected chi connectivity index (χ4v) is 4.01. The molecule has 0 saturated carbocycles. The minimum absolute atomic E-state index is 0.0272. The van der Waals surface area contributed by atoms with E-state index in [-0.39, 0.29) is 24.4 Å². The van der Waals surface area contributed by atoms with Crippen LogP contribution in [-0.4, -0.2) is 39.3 Å². The van der Waals surface area contributed by atoms with E-state index in [1.54, 1.807) is 13.0 Å². The molecule has 1 atom stereocenters. The fraction of sp³-hybridized carbons (Fsp3) is 0.276. The molecule has 3 aromatic rings. The highest BCUT2D eigenvalue weighted by Crippen LogP contribution is 2.12. The van der Waals surface area contributed by atoms with Crippen molar-refractivity contribution in [1.82, 2.24) is 9.88 Å². The second kappa shape index (κ2) is 13.7. The quantitative estimate of drug-likeness (QED) is 0.319. The van der Waals surface area contributed by atoms with E-state index in [4.69, 9.17) is 5.11 Å². The van der Waals surface area contributed by atoms with Crippen LogP contribution in [0.3, 0.4) is 0 Å². The minimum atomic E-state index is -1.22. The zero-order valence-electron chi connectivity index (χ0n) is 21.2. The van der Waals surface area contributed by atoms with Crippen LogP contribution in [0.25, 0.3) is 0 Å². The Morgan fingerprint density at radius 1 is 0.868 bits per heavy atom. The Kier molecular flexibility index (Phi) is 10.1. The predicted octanol–water partition coefficient (Wildman–Crippen LogP) is 2.95. The molecule has 0 fully saturated rings. The van der Waals surface area contributed by atoms with E-state index in [1.807, 2.05) is 60.7 Å². The van der Waals surface area contributed by atoms with Crippen LogP contribution < -0.4 is 16.2 Å². The molecule has 3 rings (SSSR count). The number of ketones is 1. The van der Waals surface area contributed by atoms with Crippen molar-refractivity contribution in [1.29, 1.82) is 0 Å². The summed E-state index contributed by atoms with van der Waals surface area (Å²) in [6.07, 6.45) is 0.527. The Hall–Kier alpha value is -4.53. The predicted molar refractivity (Wildman–Crippen MR) is 143 cm³/mol. The molecule has 1 heterocycles. The Morgan fingerprint density at radius 3 is 2.11 bits per heavy atom. The number of hydrogen-bond donors (Lipinski definition) is 3. The number of rotatable bonds is 13. The summed E-state index contributed by atoms with van der Waals surface area (Å²) < 4.78 is 1.24. The van der Waals surface area contributed by atoms with Crippen LogP contribution in [0.1, 0.15) is 43.0 Å². The first-order valence-electron chi connectivity index (χ1n) is 12.4. The molecule has 1 aromatic heterocycles. The first kappa shape index (κ1) is 28.0. The zero-order chi connectivity index (χ0) is 27.5. The van der Waals surface area contributed by atoms with Crippen LogP contribution in [0.4, 0.5) is 5.69 Å². The highest BCUT2D eigenvalue weighted by atomic mass is 16.4. The number of hydrogen-bond acceptors (Lipinski definition) is 5. The SMILES string of the molecule is CCC(=O)C(CC(=O)O)NC(=O)Cn1c(Cc2ccccc2)ccc(NC(=O)CCc2ccccc2)c1=O. The summed E-state index contributed by atoms with van der Waals surface area (Å²) in [6, 6.07) is 20.8. The Labute approximate surface area is 220 Å². The lowest BCUT2D eigenvalue weighted by atomic mass is 10.1. The van der Waals surface area contributed by atoms with Crippen molar-refractivity contribution in [3.63, 3.8) is 0 Å². The molecular formula is C29H31N3O6. The number of aromatic nitrogens is 1. The van der Waals surface area contributed by atoms with Crippen LogP contribution in [0.2, 0.25) is 0 Å². The number of carboxylic acid groups (broad SMARTS) is 1. The Morgan fingerprint density at radius 2 is 1.50 bits per heavy atom. The van der Waals surface area contributed by atoms with Crippen molar-refractivity contribution in [3.8, 4) is 0 Å². The molecule has 2 aromatic carbocycles. The highest BCUT2D eigenvalue weighted by molar-refractivity contribution is 5.92. The molecule has 0 radical (unpaired) electrons. The van der Waals surface area contributed by atoms with Crippen LogP contribution in [-0.2, 0) is 38.6 Å². The fourth-order valence-electron chi connectivity index (χ4n) is 4.01. The largest absolute Gasteiger partial charge is 0.481 e. The van der Waals surface area contributed by atoms with Gasteiger partial charge in [-0.15, -0.1) is 0 Å². The van der Waals surface area contributed by atoms with Gasteiger partial charge >= 0.3 is 5.97 Å². The standard InChI is InChI=1S/C29H31N3O6/c1-2-25(33)24(18-28(36)37)31-27(35)19-32-22(17-21-11-7-4-8-12-21)14-15-23(29(32)38)30-26(34)16-13-20-9-5-3-6-10-20/h3-12,14-15,24H,2,13,16-19H2,1H3,(H,30,34)(H,31,35)(H,36,37). The Bertz CT molecular complexity index is 1340. The number of pyridine rings is 1. The third-order valence-corrected chi connectivity index (χ3v) is 6.00. The molecule has 9 nitrogen and oxygen atoms in total. The number of aliphatic carboxylic acids is 1. The summed E-state index contributed by atoms with van der Waals surface area (Å²) in [6.45, 7) is 1.14. The summed E-state index contributed by atoms with van der Waals surface area (Å²) in [5.41, 5.74) is 1.88. The summed E-state index contributed by atoms with van der Waals surface area (Å²) in [5.74, 6) is -2.66. The number of benzene rings is 2. The highest BCUT2D eigenvalue weighted by Gasteiger charge is 2.23. The lowest BCUT2D eigenvalue weighted by Gasteiger charge is -2.18. The number of nitrogens with zero attached hydrogens (tertiary/aromatic N) is 1. The maximum Gasteiger partial charge on any atom is 0.305 e. The van der Waals surface area contributed by atoms with E-state index in [0.29, 0.717) is 18.5 Å². The lowest BCUT2D eigenvalue weighted by molar-refractivity contribution is -0.140. The van der Waals surface area contributed by atoms with E-state index in [2.05, 4.69) is 10.6 Å². The van der Waals surface area contributed by atoms with Gasteiger partial charge in [-0.3, -0.25) is 24.0 Å². The van der Waals surface area contributed by atoms with Crippen LogP contribution in [0.5, 0.6) is 0 Å². The average Bonchev–Trinajstić information content (AvgIpc) is 2.91. The van der Waals surface area contributed by atoms with Gasteiger partial charge in [0, 0.05) is 25.0 Å². The van der Waals surface area contributed by atoms with Gasteiger partial charge in [-0.25, -0.2) is 0 Å². The van der Waals surface area contributed by atoms with E-state index >= 15 is 0 Å². The third-order valence-electron chi connectivity index (χ3n) is 6.00. The molecule has 38 heavy (non-hydrogen) atoms. The number of carbonyl (C=O) groups is 4. The summed E-state index contributed by atoms with van der Waals surface area (Å²) in [5, 5.41) is 14.2. The zero-order valence-corrected chi connectivity index (χ0v) is 21.2. The van der Waals surface area contributed by atoms with Crippen molar-refractivity contribution in [2.75, 3.05) is 5.32 Å². The van der Waals surface area contributed by atoms with Crippen LogP contribution >= 0.6 is 0 Å². The van der Waals surface area contributed by atoms with Crippen molar-refractivity contribution in [2.24, 2.45) is 0 Å². The second-order valence-corrected chi connectivity index (χ2v) is 8.86. The maximum atomic E-state index is 13.4. The normalized spacial score (nSPS) is 11.4. The molecule has 0 aliphatic carbocycles. The van der Waals surface area contributed by atoms with Crippen molar-refractivity contribution < 1.29 is 24.3 Å². The third kappa shape index (κ3) is 8.26. The molecule has 0 bridgehead atoms. The van der Waals surface area contributed by atoms with Gasteiger partial charge in [0.15, 0.2) is 5.78 Å². The average molecular weight is 518 g/mol. The second-order valence-electron chi connectivity index (χ2n) is 8.86. The number of nitrogens with one attached hydrogen (secondary N) is 2. The first-order valence-corrected chi connectivity index (χ1v) is 12.4. The monoisotopic (exact) mass is 517 g/mol. The molecule has 1 unspecified atom stereocenters. The summed E-state index contributed by atoms with van der Waals surface area (Å²) in [4.78, 5) is 62.2. The number of anilines is 1. The van der Waals surface area contributed by atoms with Crippen LogP contribution in [0, 0.1) is 0 Å². The molecule has 0 saturated heterocycles. The van der Waals surface area contributed by atoms with Crippen molar-refractivity contribution in [3.05, 3.63) is 100.0 Å². The molecule has 0 spiro atoms. The Balaban J connectivity index is 1.83. The number of Topliss-reactive ketones (excluding diaryl/α,β-unsaturated/α-hetero) is 1. The van der Waals surface area contributed by atoms with E-state index in [9.17, 15) is 24.0 Å². The van der Waals surface area contributed by atoms with E-state index in [0.717, 1.165) is 11.1 Å². The van der Waals surface area contributed by atoms with Gasteiger partial charge < -0.3 is 20.3 Å². The van der Waals surface area contributed by atoms with Gasteiger partial charge in [0.2, 0.25) is 11.8 Å². The lowest BCUT2D eigenvalue weighted by Crippen LogP contribution is -2.44. The van der Waals surface area contributed by atoms with Gasteiger partial charge in [-0.05, 0) is 29.7 Å². The van der Waals surface area contributed by atoms with E-state index < -0.39 is 42.2 Å². The van der Waals surface area contributed by atoms with Crippen molar-refractivity contribution in [2.45, 2.75) is 51.6 Å². The molecule has 3 N–H and O–H groups in total. The molecule has 198 valence electrons. The molecule has 9 heteroatoms. The molecular weight excluding hydrogens is 486 g/mol. The van der Waals surface area contributed by atoms with E-state index in [1.165, 1.54) is 10.6 Å². The number of carboxylic acids is 1. The van der Waals surface area contributed by atoms with Crippen LogP contribution in [0.15, 0.2) is 77.6 Å². The number of aryl methyl sites for hydroxylation is 1. The topological polar surface area (TPSA) is 135 Å². The molecule has 0 aliphatic rings. The summed E-state index contributed by atoms with van der Waals surface area (Å²) in [7, 11) is 0. The molecule has 0 aliphatic heterocycles. The summed E-state index contributed by atoms with van der Waals surface area (Å²) >= 11 is 0. The minimum Gasteiger partial charge on any atom is -0.481 e. The van der Waals surface area contributed by atoms with Gasteiger partial charge in [0.05, 0.1) is 12.5 Å².